The van der Waals surface area contributed by atoms with Gasteiger partial charge in [0, 0.05) is 23.7 Å². The second-order valence-corrected chi connectivity index (χ2v) is 4.55. The molecule has 1 aromatic carbocycles. The maximum absolute atomic E-state index is 9.92. The van der Waals surface area contributed by atoms with E-state index in [1.54, 1.807) is 12.1 Å². The van der Waals surface area contributed by atoms with Gasteiger partial charge in [-0.1, -0.05) is 43.1 Å². The summed E-state index contributed by atoms with van der Waals surface area (Å²) in [5.74, 6) is 0. The van der Waals surface area contributed by atoms with E-state index in [1.807, 2.05) is 19.1 Å². The molecule has 1 aromatic rings. The minimum absolute atomic E-state index is 0.349. The number of benzene rings is 1. The van der Waals surface area contributed by atoms with Crippen molar-refractivity contribution in [2.24, 2.45) is 0 Å². The molecule has 0 aliphatic rings. The van der Waals surface area contributed by atoms with Gasteiger partial charge in [-0.2, -0.15) is 0 Å². The van der Waals surface area contributed by atoms with E-state index in [1.165, 1.54) is 0 Å². The van der Waals surface area contributed by atoms with Gasteiger partial charge in [0.05, 0.1) is 12.2 Å². The van der Waals surface area contributed by atoms with Crippen LogP contribution in [0, 0.1) is 0 Å². The topological polar surface area (TPSA) is 52.5 Å². The molecule has 0 amide bonds. The highest BCUT2D eigenvalue weighted by molar-refractivity contribution is 6.31. The standard InChI is InChI=1S/C13H20ClNO2/c1-2-5-10(16)8-15-9-13(17)11-6-3-4-7-12(11)14/h3-4,6-7,10,13,15-17H,2,5,8-9H2,1H3. The number of aliphatic hydroxyl groups excluding tert-OH is 2. The molecule has 1 rings (SSSR count). The Bertz CT molecular complexity index is 333. The van der Waals surface area contributed by atoms with Gasteiger partial charge in [0.15, 0.2) is 0 Å². The Labute approximate surface area is 107 Å². The van der Waals surface area contributed by atoms with E-state index in [4.69, 9.17) is 11.6 Å². The summed E-state index contributed by atoms with van der Waals surface area (Å²) < 4.78 is 0. The number of rotatable bonds is 7. The molecule has 0 aliphatic heterocycles. The Kier molecular flexibility index (Phi) is 6.52. The van der Waals surface area contributed by atoms with Crippen molar-refractivity contribution in [3.05, 3.63) is 34.9 Å². The number of hydrogen-bond acceptors (Lipinski definition) is 3. The number of nitrogens with one attached hydrogen (secondary N) is 1. The Hall–Kier alpha value is -0.610. The highest BCUT2D eigenvalue weighted by atomic mass is 35.5. The lowest BCUT2D eigenvalue weighted by Crippen LogP contribution is -2.30. The van der Waals surface area contributed by atoms with Crippen LogP contribution in [0.15, 0.2) is 24.3 Å². The second kappa shape index (κ2) is 7.67. The predicted molar refractivity (Wildman–Crippen MR) is 70.2 cm³/mol. The zero-order valence-corrected chi connectivity index (χ0v) is 10.8. The van der Waals surface area contributed by atoms with Crippen LogP contribution in [-0.4, -0.2) is 29.4 Å². The summed E-state index contributed by atoms with van der Waals surface area (Å²) in [6.45, 7) is 2.92. The maximum Gasteiger partial charge on any atom is 0.0928 e. The van der Waals surface area contributed by atoms with E-state index >= 15 is 0 Å². The third-order valence-corrected chi connectivity index (χ3v) is 2.95. The summed E-state index contributed by atoms with van der Waals surface area (Å²) in [7, 11) is 0. The molecule has 3 nitrogen and oxygen atoms in total. The van der Waals surface area contributed by atoms with Gasteiger partial charge < -0.3 is 15.5 Å². The lowest BCUT2D eigenvalue weighted by molar-refractivity contribution is 0.140. The van der Waals surface area contributed by atoms with Crippen molar-refractivity contribution < 1.29 is 10.2 Å². The van der Waals surface area contributed by atoms with Crippen molar-refractivity contribution in [2.45, 2.75) is 32.0 Å². The minimum atomic E-state index is -0.641. The van der Waals surface area contributed by atoms with Gasteiger partial charge in [0.1, 0.15) is 0 Å². The summed E-state index contributed by atoms with van der Waals surface area (Å²) in [6, 6.07) is 7.23. The largest absolute Gasteiger partial charge is 0.392 e. The van der Waals surface area contributed by atoms with Crippen LogP contribution in [0.25, 0.3) is 0 Å². The lowest BCUT2D eigenvalue weighted by Gasteiger charge is -2.15. The molecule has 0 aliphatic carbocycles. The zero-order valence-electron chi connectivity index (χ0n) is 10.1. The summed E-state index contributed by atoms with van der Waals surface area (Å²) in [6.07, 6.45) is 0.737. The molecule has 0 fully saturated rings. The summed E-state index contributed by atoms with van der Waals surface area (Å²) in [5, 5.41) is 23.0. The summed E-state index contributed by atoms with van der Waals surface area (Å²) in [4.78, 5) is 0. The van der Waals surface area contributed by atoms with Gasteiger partial charge in [-0.25, -0.2) is 0 Å². The Morgan fingerprint density at radius 1 is 1.24 bits per heavy atom. The molecular weight excluding hydrogens is 238 g/mol. The van der Waals surface area contributed by atoms with Gasteiger partial charge >= 0.3 is 0 Å². The third-order valence-electron chi connectivity index (χ3n) is 2.60. The summed E-state index contributed by atoms with van der Waals surface area (Å²) in [5.41, 5.74) is 0.714. The number of aliphatic hydroxyl groups is 2. The van der Waals surface area contributed by atoms with Gasteiger partial charge in [0.25, 0.3) is 0 Å². The first-order chi connectivity index (χ1) is 8.15. The molecule has 0 spiro atoms. The van der Waals surface area contributed by atoms with E-state index in [9.17, 15) is 10.2 Å². The van der Waals surface area contributed by atoms with E-state index < -0.39 is 6.10 Å². The van der Waals surface area contributed by atoms with E-state index in [0.717, 1.165) is 12.8 Å². The molecule has 2 atom stereocenters. The normalized spacial score (nSPS) is 14.6. The van der Waals surface area contributed by atoms with Crippen molar-refractivity contribution in [2.75, 3.05) is 13.1 Å². The smallest absolute Gasteiger partial charge is 0.0928 e. The minimum Gasteiger partial charge on any atom is -0.392 e. The van der Waals surface area contributed by atoms with Crippen LogP contribution in [0.5, 0.6) is 0 Å². The van der Waals surface area contributed by atoms with Crippen LogP contribution in [0.4, 0.5) is 0 Å². The fraction of sp³-hybridized carbons (Fsp3) is 0.538. The number of halogens is 1. The van der Waals surface area contributed by atoms with Crippen molar-refractivity contribution in [1.82, 2.24) is 5.32 Å². The Morgan fingerprint density at radius 2 is 1.94 bits per heavy atom. The van der Waals surface area contributed by atoms with Crippen LogP contribution in [0.2, 0.25) is 5.02 Å². The lowest BCUT2D eigenvalue weighted by atomic mass is 10.1. The summed E-state index contributed by atoms with van der Waals surface area (Å²) >= 11 is 5.97. The van der Waals surface area contributed by atoms with Crippen LogP contribution in [-0.2, 0) is 0 Å². The molecule has 2 unspecified atom stereocenters. The van der Waals surface area contributed by atoms with E-state index in [0.29, 0.717) is 23.7 Å². The van der Waals surface area contributed by atoms with Crippen LogP contribution in [0.1, 0.15) is 31.4 Å². The molecule has 0 heterocycles. The second-order valence-electron chi connectivity index (χ2n) is 4.14. The molecule has 0 bridgehead atoms. The third kappa shape index (κ3) is 5.04. The first-order valence-corrected chi connectivity index (χ1v) is 6.34. The van der Waals surface area contributed by atoms with Crippen molar-refractivity contribution in [3.8, 4) is 0 Å². The first kappa shape index (κ1) is 14.5. The Balaban J connectivity index is 2.35. The van der Waals surface area contributed by atoms with E-state index in [2.05, 4.69) is 5.32 Å². The van der Waals surface area contributed by atoms with Crippen LogP contribution < -0.4 is 5.32 Å². The molecule has 3 N–H and O–H groups in total. The average Bonchev–Trinajstić information content (AvgIpc) is 2.29. The molecular formula is C13H20ClNO2. The Morgan fingerprint density at radius 3 is 2.59 bits per heavy atom. The average molecular weight is 258 g/mol. The van der Waals surface area contributed by atoms with Gasteiger partial charge in [-0.3, -0.25) is 0 Å². The quantitative estimate of drug-likeness (QED) is 0.701. The molecule has 0 aromatic heterocycles. The fourth-order valence-corrected chi connectivity index (χ4v) is 1.94. The van der Waals surface area contributed by atoms with E-state index in [-0.39, 0.29) is 6.10 Å². The van der Waals surface area contributed by atoms with Gasteiger partial charge in [-0.15, -0.1) is 0 Å². The highest BCUT2D eigenvalue weighted by Gasteiger charge is 2.11. The van der Waals surface area contributed by atoms with Crippen molar-refractivity contribution >= 4 is 11.6 Å². The monoisotopic (exact) mass is 257 g/mol. The fourth-order valence-electron chi connectivity index (χ4n) is 1.68. The number of hydrogen-bond donors (Lipinski definition) is 3. The zero-order chi connectivity index (χ0) is 12.7. The molecule has 0 radical (unpaired) electrons. The van der Waals surface area contributed by atoms with Crippen molar-refractivity contribution in [1.29, 1.82) is 0 Å². The molecule has 17 heavy (non-hydrogen) atoms. The highest BCUT2D eigenvalue weighted by Crippen LogP contribution is 2.21. The van der Waals surface area contributed by atoms with Crippen molar-refractivity contribution in [3.63, 3.8) is 0 Å². The van der Waals surface area contributed by atoms with Gasteiger partial charge in [0.2, 0.25) is 0 Å². The SMILES string of the molecule is CCCC(O)CNCC(O)c1ccccc1Cl. The molecule has 0 saturated heterocycles. The molecule has 4 heteroatoms. The van der Waals surface area contributed by atoms with Gasteiger partial charge in [-0.05, 0) is 12.5 Å². The maximum atomic E-state index is 9.92. The molecule has 0 saturated carbocycles. The van der Waals surface area contributed by atoms with Crippen LogP contribution in [0.3, 0.4) is 0 Å². The first-order valence-electron chi connectivity index (χ1n) is 5.96. The van der Waals surface area contributed by atoms with Crippen LogP contribution >= 0.6 is 11.6 Å². The molecule has 96 valence electrons. The predicted octanol–water partition coefficient (Wildman–Crippen LogP) is 2.12.